The van der Waals surface area contributed by atoms with Crippen molar-refractivity contribution in [1.29, 1.82) is 0 Å². The smallest absolute Gasteiger partial charge is 0.230 e. The third kappa shape index (κ3) is 4.95. The zero-order chi connectivity index (χ0) is 18.2. The lowest BCUT2D eigenvalue weighted by Crippen LogP contribution is -2.30. The molecule has 1 amide bonds. The number of benzene rings is 1. The van der Waals surface area contributed by atoms with Crippen LogP contribution in [0.2, 0.25) is 0 Å². The summed E-state index contributed by atoms with van der Waals surface area (Å²) in [5, 5.41) is 3.06. The molecule has 5 nitrogen and oxygen atoms in total. The standard InChI is InChI=1S/C20H22N4OS/c1-2-17(20-22-12-18(24-20)16-8-4-3-5-9-16)23-19(25)14-26-13-15-7-6-10-21-11-15/h3-12,17H,2,13-14H2,1H3,(H,22,24)(H,23,25). The third-order valence-corrected chi connectivity index (χ3v) is 4.98. The van der Waals surface area contributed by atoms with Gasteiger partial charge in [0, 0.05) is 18.1 Å². The monoisotopic (exact) mass is 366 g/mol. The number of rotatable bonds is 8. The SMILES string of the molecule is CCC(NC(=O)CSCc1cccnc1)c1ncc(-c2ccccc2)[nH]1. The summed E-state index contributed by atoms with van der Waals surface area (Å²) in [6, 6.07) is 13.9. The fraction of sp³-hybridized carbons (Fsp3) is 0.250. The molecular formula is C20H22N4OS. The minimum atomic E-state index is -0.112. The summed E-state index contributed by atoms with van der Waals surface area (Å²) in [5.41, 5.74) is 3.16. The van der Waals surface area contributed by atoms with E-state index in [4.69, 9.17) is 0 Å². The van der Waals surface area contributed by atoms with Crippen LogP contribution < -0.4 is 5.32 Å². The quantitative estimate of drug-likeness (QED) is 0.633. The lowest BCUT2D eigenvalue weighted by molar-refractivity contribution is -0.119. The Hall–Kier alpha value is -2.60. The summed E-state index contributed by atoms with van der Waals surface area (Å²) >= 11 is 1.58. The van der Waals surface area contributed by atoms with Gasteiger partial charge in [0.1, 0.15) is 5.82 Å². The van der Waals surface area contributed by atoms with Gasteiger partial charge in [-0.3, -0.25) is 9.78 Å². The molecule has 1 unspecified atom stereocenters. The molecule has 0 bridgehead atoms. The molecule has 0 saturated carbocycles. The van der Waals surface area contributed by atoms with Gasteiger partial charge in [-0.2, -0.15) is 0 Å². The topological polar surface area (TPSA) is 70.7 Å². The molecule has 6 heteroatoms. The zero-order valence-corrected chi connectivity index (χ0v) is 15.5. The predicted molar refractivity (Wildman–Crippen MR) is 106 cm³/mol. The Bertz CT molecular complexity index is 820. The molecule has 3 rings (SSSR count). The van der Waals surface area contributed by atoms with Crippen molar-refractivity contribution in [1.82, 2.24) is 20.3 Å². The van der Waals surface area contributed by atoms with Gasteiger partial charge in [-0.25, -0.2) is 4.98 Å². The molecule has 1 aromatic carbocycles. The lowest BCUT2D eigenvalue weighted by atomic mass is 10.2. The number of nitrogens with one attached hydrogen (secondary N) is 2. The van der Waals surface area contributed by atoms with Gasteiger partial charge in [0.2, 0.25) is 5.91 Å². The van der Waals surface area contributed by atoms with E-state index < -0.39 is 0 Å². The van der Waals surface area contributed by atoms with Crippen LogP contribution in [0.25, 0.3) is 11.3 Å². The average Bonchev–Trinajstić information content (AvgIpc) is 3.18. The fourth-order valence-electron chi connectivity index (χ4n) is 2.62. The first-order valence-electron chi connectivity index (χ1n) is 8.62. The number of hydrogen-bond acceptors (Lipinski definition) is 4. The van der Waals surface area contributed by atoms with E-state index >= 15 is 0 Å². The van der Waals surface area contributed by atoms with E-state index in [9.17, 15) is 4.79 Å². The molecule has 1 atom stereocenters. The second-order valence-corrected chi connectivity index (χ2v) is 6.92. The lowest BCUT2D eigenvalue weighted by Gasteiger charge is -2.14. The molecule has 0 saturated heterocycles. The summed E-state index contributed by atoms with van der Waals surface area (Å²) in [5.74, 6) is 1.99. The number of H-pyrrole nitrogens is 1. The van der Waals surface area contributed by atoms with Crippen LogP contribution in [0.5, 0.6) is 0 Å². The van der Waals surface area contributed by atoms with Gasteiger partial charge in [-0.1, -0.05) is 43.3 Å². The van der Waals surface area contributed by atoms with Crippen LogP contribution >= 0.6 is 11.8 Å². The summed E-state index contributed by atoms with van der Waals surface area (Å²) in [6.45, 7) is 2.04. The van der Waals surface area contributed by atoms with Crippen molar-refractivity contribution in [3.8, 4) is 11.3 Å². The van der Waals surface area contributed by atoms with Crippen LogP contribution in [0.1, 0.15) is 30.8 Å². The van der Waals surface area contributed by atoms with Crippen molar-refractivity contribution in [3.05, 3.63) is 72.4 Å². The van der Waals surface area contributed by atoms with E-state index in [1.807, 2.05) is 61.8 Å². The molecule has 2 N–H and O–H groups in total. The second-order valence-electron chi connectivity index (χ2n) is 5.93. The molecule has 0 aliphatic rings. The summed E-state index contributed by atoms with van der Waals surface area (Å²) < 4.78 is 0. The minimum Gasteiger partial charge on any atom is -0.345 e. The number of thioether (sulfide) groups is 1. The first-order chi connectivity index (χ1) is 12.8. The number of carbonyl (C=O) groups excluding carboxylic acids is 1. The fourth-order valence-corrected chi connectivity index (χ4v) is 3.40. The highest BCUT2D eigenvalue weighted by Gasteiger charge is 2.16. The molecule has 0 fully saturated rings. The molecule has 26 heavy (non-hydrogen) atoms. The van der Waals surface area contributed by atoms with Crippen LogP contribution in [0.4, 0.5) is 0 Å². The van der Waals surface area contributed by atoms with Gasteiger partial charge in [0.05, 0.1) is 23.7 Å². The maximum Gasteiger partial charge on any atom is 0.230 e. The van der Waals surface area contributed by atoms with Gasteiger partial charge >= 0.3 is 0 Å². The number of imidazole rings is 1. The zero-order valence-electron chi connectivity index (χ0n) is 14.7. The number of pyridine rings is 1. The molecule has 0 aliphatic heterocycles. The van der Waals surface area contributed by atoms with Crippen LogP contribution in [-0.2, 0) is 10.5 Å². The average molecular weight is 366 g/mol. The highest BCUT2D eigenvalue weighted by atomic mass is 32.2. The van der Waals surface area contributed by atoms with E-state index in [-0.39, 0.29) is 11.9 Å². The molecule has 134 valence electrons. The van der Waals surface area contributed by atoms with Crippen LogP contribution in [0.15, 0.2) is 61.1 Å². The highest BCUT2D eigenvalue weighted by Crippen LogP contribution is 2.20. The van der Waals surface area contributed by atoms with E-state index in [0.717, 1.165) is 34.8 Å². The highest BCUT2D eigenvalue weighted by molar-refractivity contribution is 7.99. The maximum atomic E-state index is 12.3. The van der Waals surface area contributed by atoms with Gasteiger partial charge in [0.25, 0.3) is 0 Å². The molecular weight excluding hydrogens is 344 g/mol. The Morgan fingerprint density at radius 3 is 2.77 bits per heavy atom. The maximum absolute atomic E-state index is 12.3. The van der Waals surface area contributed by atoms with Gasteiger partial charge in [-0.05, 0) is 23.6 Å². The molecule has 2 heterocycles. The van der Waals surface area contributed by atoms with Crippen molar-refractivity contribution >= 4 is 17.7 Å². The summed E-state index contributed by atoms with van der Waals surface area (Å²) in [6.07, 6.45) is 6.17. The molecule has 2 aromatic heterocycles. The Morgan fingerprint density at radius 2 is 2.04 bits per heavy atom. The van der Waals surface area contributed by atoms with Crippen molar-refractivity contribution in [2.75, 3.05) is 5.75 Å². The third-order valence-electron chi connectivity index (χ3n) is 3.98. The Kier molecular flexibility index (Phi) is 6.44. The van der Waals surface area contributed by atoms with Gasteiger partial charge < -0.3 is 10.3 Å². The number of aromatic nitrogens is 3. The van der Waals surface area contributed by atoms with Crippen molar-refractivity contribution < 1.29 is 4.79 Å². The van der Waals surface area contributed by atoms with Crippen LogP contribution in [-0.4, -0.2) is 26.6 Å². The number of nitrogens with zero attached hydrogens (tertiary/aromatic N) is 2. The van der Waals surface area contributed by atoms with Crippen molar-refractivity contribution in [2.45, 2.75) is 25.1 Å². The number of hydrogen-bond donors (Lipinski definition) is 2. The molecule has 3 aromatic rings. The summed E-state index contributed by atoms with van der Waals surface area (Å²) in [4.78, 5) is 24.1. The first kappa shape index (κ1) is 18.2. The van der Waals surface area contributed by atoms with E-state index in [1.54, 1.807) is 18.0 Å². The number of amides is 1. The molecule has 0 radical (unpaired) electrons. The van der Waals surface area contributed by atoms with Gasteiger partial charge in [0.15, 0.2) is 0 Å². The Labute approximate surface area is 157 Å². The molecule has 0 aliphatic carbocycles. The van der Waals surface area contributed by atoms with Gasteiger partial charge in [-0.15, -0.1) is 11.8 Å². The summed E-state index contributed by atoms with van der Waals surface area (Å²) in [7, 11) is 0. The van der Waals surface area contributed by atoms with Crippen molar-refractivity contribution in [2.24, 2.45) is 0 Å². The predicted octanol–water partition coefficient (Wildman–Crippen LogP) is 3.97. The van der Waals surface area contributed by atoms with Crippen molar-refractivity contribution in [3.63, 3.8) is 0 Å². The largest absolute Gasteiger partial charge is 0.345 e. The minimum absolute atomic E-state index is 0.0170. The van der Waals surface area contributed by atoms with E-state index in [0.29, 0.717) is 5.75 Å². The Balaban J connectivity index is 1.54. The first-order valence-corrected chi connectivity index (χ1v) is 9.78. The van der Waals surface area contributed by atoms with Crippen LogP contribution in [0.3, 0.4) is 0 Å². The molecule has 0 spiro atoms. The second kappa shape index (κ2) is 9.20. The van der Waals surface area contributed by atoms with E-state index in [2.05, 4.69) is 20.3 Å². The number of carbonyl (C=O) groups is 1. The Morgan fingerprint density at radius 1 is 1.19 bits per heavy atom. The number of aromatic amines is 1. The normalized spacial score (nSPS) is 11.9. The van der Waals surface area contributed by atoms with E-state index in [1.165, 1.54) is 0 Å². The van der Waals surface area contributed by atoms with Crippen LogP contribution in [0, 0.1) is 0 Å².